The summed E-state index contributed by atoms with van der Waals surface area (Å²) < 4.78 is 0.767. The van der Waals surface area contributed by atoms with Crippen molar-refractivity contribution in [3.63, 3.8) is 0 Å². The molecule has 7 heteroatoms. The smallest absolute Gasteiger partial charge is 0.261 e. The molecule has 2 atom stereocenters. The van der Waals surface area contributed by atoms with Gasteiger partial charge in [0.1, 0.15) is 0 Å². The lowest BCUT2D eigenvalue weighted by Gasteiger charge is -2.26. The minimum atomic E-state index is -1.70. The topological polar surface area (TPSA) is 89.9 Å². The lowest BCUT2D eigenvalue weighted by atomic mass is 9.83. The maximum atomic E-state index is 12.6. The molecule has 0 radical (unpaired) electrons. The zero-order chi connectivity index (χ0) is 21.7. The lowest BCUT2D eigenvalue weighted by molar-refractivity contribution is -0.137. The second-order valence-electron chi connectivity index (χ2n) is 7.36. The summed E-state index contributed by atoms with van der Waals surface area (Å²) in [5, 5.41) is 23.2. The van der Waals surface area contributed by atoms with Crippen LogP contribution in [0.5, 0.6) is 0 Å². The first-order chi connectivity index (χ1) is 14.4. The number of carbonyl (C=O) groups excluding carboxylic acids is 2. The van der Waals surface area contributed by atoms with E-state index in [1.54, 1.807) is 42.2 Å². The first kappa shape index (κ1) is 22.2. The molecular weight excluding hydrogens is 448 g/mol. The third kappa shape index (κ3) is 4.64. The molecular formula is C23H25BrN2O4. The molecule has 0 unspecified atom stereocenters. The molecule has 0 spiro atoms. The Labute approximate surface area is 184 Å². The lowest BCUT2D eigenvalue weighted by Crippen LogP contribution is -2.39. The van der Waals surface area contributed by atoms with Gasteiger partial charge in [-0.2, -0.15) is 0 Å². The van der Waals surface area contributed by atoms with Crippen LogP contribution in [-0.4, -0.2) is 40.1 Å². The number of rotatable bonds is 8. The number of aliphatic hydroxyl groups is 2. The number of amides is 2. The Hall–Kier alpha value is -2.48. The number of carbonyl (C=O) groups is 2. The SMILES string of the molecule is C[C@H](/C=C/CC(=O)N(CCO)Cc1ccccc1)[C@@]1(O)C(=O)Nc2ccc(Br)cc21. The summed E-state index contributed by atoms with van der Waals surface area (Å²) in [5.74, 6) is -1.16. The summed E-state index contributed by atoms with van der Waals surface area (Å²) in [5.41, 5.74) is 0.374. The van der Waals surface area contributed by atoms with E-state index in [1.807, 2.05) is 30.3 Å². The summed E-state index contributed by atoms with van der Waals surface area (Å²) in [7, 11) is 0. The number of hydrogen-bond acceptors (Lipinski definition) is 4. The Morgan fingerprint density at radius 2 is 2.00 bits per heavy atom. The Balaban J connectivity index is 1.68. The molecule has 1 aliphatic heterocycles. The van der Waals surface area contributed by atoms with Crippen LogP contribution in [0.3, 0.4) is 0 Å². The molecule has 6 nitrogen and oxygen atoms in total. The number of nitrogens with zero attached hydrogens (tertiary/aromatic N) is 1. The van der Waals surface area contributed by atoms with Gasteiger partial charge >= 0.3 is 0 Å². The minimum absolute atomic E-state index is 0.111. The zero-order valence-corrected chi connectivity index (χ0v) is 18.3. The largest absolute Gasteiger partial charge is 0.395 e. The van der Waals surface area contributed by atoms with E-state index in [0.717, 1.165) is 10.0 Å². The van der Waals surface area contributed by atoms with Gasteiger partial charge in [-0.25, -0.2) is 0 Å². The van der Waals surface area contributed by atoms with Crippen LogP contribution in [-0.2, 0) is 21.7 Å². The van der Waals surface area contributed by atoms with Crippen molar-refractivity contribution in [1.82, 2.24) is 4.90 Å². The molecule has 2 amide bonds. The van der Waals surface area contributed by atoms with Crippen LogP contribution >= 0.6 is 15.9 Å². The molecule has 0 bridgehead atoms. The van der Waals surface area contributed by atoms with Crippen LogP contribution in [0.15, 0.2) is 65.2 Å². The van der Waals surface area contributed by atoms with E-state index in [-0.39, 0.29) is 25.5 Å². The molecule has 1 heterocycles. The van der Waals surface area contributed by atoms with E-state index in [4.69, 9.17) is 0 Å². The van der Waals surface area contributed by atoms with Gasteiger partial charge in [0.05, 0.1) is 6.61 Å². The van der Waals surface area contributed by atoms with Crippen molar-refractivity contribution in [3.05, 3.63) is 76.3 Å². The predicted molar refractivity (Wildman–Crippen MR) is 119 cm³/mol. The van der Waals surface area contributed by atoms with Crippen molar-refractivity contribution in [2.45, 2.75) is 25.5 Å². The van der Waals surface area contributed by atoms with Crippen molar-refractivity contribution < 1.29 is 19.8 Å². The Kier molecular flexibility index (Phi) is 7.07. The molecule has 3 rings (SSSR count). The minimum Gasteiger partial charge on any atom is -0.395 e. The fraction of sp³-hybridized carbons (Fsp3) is 0.304. The highest BCUT2D eigenvalue weighted by molar-refractivity contribution is 9.10. The number of aliphatic hydroxyl groups excluding tert-OH is 1. The molecule has 0 fully saturated rings. The van der Waals surface area contributed by atoms with Crippen LogP contribution in [0.4, 0.5) is 5.69 Å². The Morgan fingerprint density at radius 1 is 1.27 bits per heavy atom. The fourth-order valence-corrected chi connectivity index (χ4v) is 3.95. The van der Waals surface area contributed by atoms with Crippen molar-refractivity contribution in [3.8, 4) is 0 Å². The predicted octanol–water partition coefficient (Wildman–Crippen LogP) is 3.19. The molecule has 1 aliphatic rings. The fourth-order valence-electron chi connectivity index (χ4n) is 3.59. The van der Waals surface area contributed by atoms with Crippen molar-refractivity contribution in [2.75, 3.05) is 18.5 Å². The molecule has 0 saturated heterocycles. The number of fused-ring (bicyclic) bond motifs is 1. The quantitative estimate of drug-likeness (QED) is 0.514. The van der Waals surface area contributed by atoms with Gasteiger partial charge in [-0.3, -0.25) is 9.59 Å². The molecule has 0 saturated carbocycles. The summed E-state index contributed by atoms with van der Waals surface area (Å²) in [4.78, 5) is 26.7. The highest BCUT2D eigenvalue weighted by Crippen LogP contribution is 2.42. The van der Waals surface area contributed by atoms with Gasteiger partial charge in [-0.1, -0.05) is 65.3 Å². The van der Waals surface area contributed by atoms with E-state index >= 15 is 0 Å². The normalized spacial score (nSPS) is 18.9. The number of halogens is 1. The molecule has 2 aromatic rings. The zero-order valence-electron chi connectivity index (χ0n) is 16.7. The van der Waals surface area contributed by atoms with E-state index in [9.17, 15) is 19.8 Å². The molecule has 0 aliphatic carbocycles. The second-order valence-corrected chi connectivity index (χ2v) is 8.27. The third-order valence-corrected chi connectivity index (χ3v) is 5.79. The van der Waals surface area contributed by atoms with Gasteiger partial charge in [0.2, 0.25) is 5.91 Å². The van der Waals surface area contributed by atoms with Crippen LogP contribution in [0.2, 0.25) is 0 Å². The third-order valence-electron chi connectivity index (χ3n) is 5.30. The van der Waals surface area contributed by atoms with Gasteiger partial charge in [0.15, 0.2) is 5.60 Å². The van der Waals surface area contributed by atoms with E-state index < -0.39 is 17.4 Å². The first-order valence-corrected chi connectivity index (χ1v) is 10.6. The second kappa shape index (κ2) is 9.55. The van der Waals surface area contributed by atoms with Crippen LogP contribution in [0, 0.1) is 5.92 Å². The van der Waals surface area contributed by atoms with Gasteiger partial charge < -0.3 is 20.4 Å². The number of hydrogen-bond donors (Lipinski definition) is 3. The van der Waals surface area contributed by atoms with Crippen LogP contribution in [0.1, 0.15) is 24.5 Å². The Bertz CT molecular complexity index is 947. The number of anilines is 1. The van der Waals surface area contributed by atoms with E-state index in [0.29, 0.717) is 17.8 Å². The maximum absolute atomic E-state index is 12.6. The highest BCUT2D eigenvalue weighted by Gasteiger charge is 2.48. The average Bonchev–Trinajstić information content (AvgIpc) is 2.99. The van der Waals surface area contributed by atoms with Gasteiger partial charge in [0, 0.05) is 41.2 Å². The van der Waals surface area contributed by atoms with Crippen molar-refractivity contribution >= 4 is 33.4 Å². The molecule has 158 valence electrons. The Morgan fingerprint density at radius 3 is 2.70 bits per heavy atom. The summed E-state index contributed by atoms with van der Waals surface area (Å²) >= 11 is 3.38. The maximum Gasteiger partial charge on any atom is 0.261 e. The summed E-state index contributed by atoms with van der Waals surface area (Å²) in [6.07, 6.45) is 3.47. The van der Waals surface area contributed by atoms with Gasteiger partial charge in [-0.05, 0) is 23.8 Å². The summed E-state index contributed by atoms with van der Waals surface area (Å²) in [6.45, 7) is 2.28. The molecule has 3 N–H and O–H groups in total. The first-order valence-electron chi connectivity index (χ1n) is 9.79. The number of nitrogens with one attached hydrogen (secondary N) is 1. The summed E-state index contributed by atoms with van der Waals surface area (Å²) in [6, 6.07) is 14.8. The van der Waals surface area contributed by atoms with Crippen molar-refractivity contribution in [2.24, 2.45) is 5.92 Å². The van der Waals surface area contributed by atoms with Crippen LogP contribution < -0.4 is 5.32 Å². The van der Waals surface area contributed by atoms with Crippen molar-refractivity contribution in [1.29, 1.82) is 0 Å². The monoisotopic (exact) mass is 472 g/mol. The number of benzene rings is 2. The van der Waals surface area contributed by atoms with Gasteiger partial charge in [0.25, 0.3) is 5.91 Å². The van der Waals surface area contributed by atoms with E-state index in [2.05, 4.69) is 21.2 Å². The van der Waals surface area contributed by atoms with E-state index in [1.165, 1.54) is 0 Å². The van der Waals surface area contributed by atoms with Gasteiger partial charge in [-0.15, -0.1) is 0 Å². The standard InChI is InChI=1S/C23H25BrN2O4/c1-16(23(30)19-14-18(24)10-11-20(19)25-22(23)29)6-5-9-21(28)26(12-13-27)15-17-7-3-2-4-8-17/h2-8,10-11,14,16,27,30H,9,12-13,15H2,1H3,(H,25,29)/b6-5+/t16-,23+/m1/s1. The highest BCUT2D eigenvalue weighted by atomic mass is 79.9. The molecule has 2 aromatic carbocycles. The molecule has 30 heavy (non-hydrogen) atoms. The molecule has 0 aromatic heterocycles. The van der Waals surface area contributed by atoms with Crippen LogP contribution in [0.25, 0.3) is 0 Å². The average molecular weight is 473 g/mol.